The largest absolute Gasteiger partial charge is 0.397 e. The Morgan fingerprint density at radius 1 is 1.00 bits per heavy atom. The second-order valence-corrected chi connectivity index (χ2v) is 3.76. The normalized spacial score (nSPS) is 10.5. The number of fused-ring (bicyclic) bond motifs is 1. The van der Waals surface area contributed by atoms with Gasteiger partial charge in [0, 0.05) is 9.86 Å². The Hall–Kier alpha value is -1.22. The minimum Gasteiger partial charge on any atom is -0.397 e. The molecule has 0 aliphatic heterocycles. The van der Waals surface area contributed by atoms with Gasteiger partial charge in [-0.1, -0.05) is 24.3 Å². The number of nitrogen functional groups attached to an aromatic ring is 2. The number of benzene rings is 2. The topological polar surface area (TPSA) is 52.0 Å². The molecule has 3 heteroatoms. The Kier molecular flexibility index (Phi) is 1.88. The molecule has 0 aromatic heterocycles. The van der Waals surface area contributed by atoms with Crippen molar-refractivity contribution in [3.63, 3.8) is 0 Å². The fourth-order valence-electron chi connectivity index (χ4n) is 1.36. The first-order chi connectivity index (χ1) is 6.20. The van der Waals surface area contributed by atoms with E-state index in [1.807, 2.05) is 30.3 Å². The van der Waals surface area contributed by atoms with Crippen LogP contribution in [-0.4, -0.2) is 0 Å². The van der Waals surface area contributed by atoms with Gasteiger partial charge < -0.3 is 11.5 Å². The first-order valence-corrected chi connectivity index (χ1v) is 4.71. The molecule has 2 aromatic rings. The molecule has 0 fully saturated rings. The number of hydrogen-bond donors (Lipinski definition) is 2. The molecule has 0 atom stereocenters. The highest BCUT2D eigenvalue weighted by Gasteiger charge is 2.04. The van der Waals surface area contributed by atoms with Gasteiger partial charge in [0.1, 0.15) is 0 Å². The number of halogens is 1. The molecule has 2 aromatic carbocycles. The smallest absolute Gasteiger partial charge is 0.0698 e. The molecule has 0 spiro atoms. The van der Waals surface area contributed by atoms with E-state index in [2.05, 4.69) is 15.9 Å². The van der Waals surface area contributed by atoms with E-state index in [-0.39, 0.29) is 0 Å². The van der Waals surface area contributed by atoms with Crippen molar-refractivity contribution >= 4 is 38.1 Å². The van der Waals surface area contributed by atoms with Gasteiger partial charge in [-0.05, 0) is 27.4 Å². The van der Waals surface area contributed by atoms with Gasteiger partial charge in [-0.2, -0.15) is 0 Å². The van der Waals surface area contributed by atoms with Crippen molar-refractivity contribution in [3.8, 4) is 0 Å². The zero-order chi connectivity index (χ0) is 9.42. The monoisotopic (exact) mass is 236 g/mol. The Morgan fingerprint density at radius 3 is 2.46 bits per heavy atom. The Bertz CT molecular complexity index is 466. The molecular weight excluding hydrogens is 228 g/mol. The third kappa shape index (κ3) is 1.25. The average molecular weight is 237 g/mol. The van der Waals surface area contributed by atoms with Crippen molar-refractivity contribution in [1.82, 2.24) is 0 Å². The fraction of sp³-hybridized carbons (Fsp3) is 0. The highest BCUT2D eigenvalue weighted by atomic mass is 79.9. The second-order valence-electron chi connectivity index (χ2n) is 2.91. The van der Waals surface area contributed by atoms with Gasteiger partial charge in [-0.15, -0.1) is 0 Å². The minimum absolute atomic E-state index is 0.610. The van der Waals surface area contributed by atoms with Crippen LogP contribution in [0.15, 0.2) is 34.8 Å². The summed E-state index contributed by atoms with van der Waals surface area (Å²) in [5, 5.41) is 2.10. The standard InChI is InChI=1S/C10H9BrN2/c11-8-5-6-3-1-2-4-7(6)9(12)10(8)13/h1-5H,12-13H2. The highest BCUT2D eigenvalue weighted by molar-refractivity contribution is 9.10. The van der Waals surface area contributed by atoms with Crippen LogP contribution < -0.4 is 11.5 Å². The molecule has 66 valence electrons. The lowest BCUT2D eigenvalue weighted by molar-refractivity contribution is 1.66. The predicted octanol–water partition coefficient (Wildman–Crippen LogP) is 2.77. The van der Waals surface area contributed by atoms with Gasteiger partial charge in [0.15, 0.2) is 0 Å². The zero-order valence-corrected chi connectivity index (χ0v) is 8.51. The first-order valence-electron chi connectivity index (χ1n) is 3.92. The molecule has 0 heterocycles. The van der Waals surface area contributed by atoms with Crippen molar-refractivity contribution in [2.75, 3.05) is 11.5 Å². The number of nitrogens with two attached hydrogens (primary N) is 2. The van der Waals surface area contributed by atoms with Crippen molar-refractivity contribution in [2.24, 2.45) is 0 Å². The van der Waals surface area contributed by atoms with E-state index in [9.17, 15) is 0 Å². The summed E-state index contributed by atoms with van der Waals surface area (Å²) in [5.74, 6) is 0. The fourth-order valence-corrected chi connectivity index (χ4v) is 1.82. The summed E-state index contributed by atoms with van der Waals surface area (Å²) in [6, 6.07) is 9.88. The number of hydrogen-bond acceptors (Lipinski definition) is 2. The summed E-state index contributed by atoms with van der Waals surface area (Å²) < 4.78 is 0.851. The molecule has 0 aliphatic carbocycles. The maximum absolute atomic E-state index is 5.86. The van der Waals surface area contributed by atoms with E-state index in [0.717, 1.165) is 15.2 Å². The first kappa shape index (κ1) is 8.38. The lowest BCUT2D eigenvalue weighted by Crippen LogP contribution is -1.96. The summed E-state index contributed by atoms with van der Waals surface area (Å²) in [6.45, 7) is 0. The SMILES string of the molecule is Nc1c(Br)cc2ccccc2c1N. The molecule has 0 bridgehead atoms. The molecule has 0 aliphatic rings. The molecule has 0 radical (unpaired) electrons. The molecule has 0 unspecified atom stereocenters. The third-order valence-corrected chi connectivity index (χ3v) is 2.74. The highest BCUT2D eigenvalue weighted by Crippen LogP contribution is 2.33. The van der Waals surface area contributed by atoms with E-state index in [1.54, 1.807) is 0 Å². The van der Waals surface area contributed by atoms with Crippen molar-refractivity contribution in [2.45, 2.75) is 0 Å². The van der Waals surface area contributed by atoms with Gasteiger partial charge in [0.25, 0.3) is 0 Å². The predicted molar refractivity (Wildman–Crippen MR) is 60.5 cm³/mol. The molecule has 4 N–H and O–H groups in total. The van der Waals surface area contributed by atoms with Gasteiger partial charge in [-0.3, -0.25) is 0 Å². The van der Waals surface area contributed by atoms with Crippen LogP contribution in [0.2, 0.25) is 0 Å². The Balaban J connectivity index is 2.94. The molecule has 0 amide bonds. The van der Waals surface area contributed by atoms with Crippen LogP contribution in [0.3, 0.4) is 0 Å². The molecule has 2 rings (SSSR count). The Morgan fingerprint density at radius 2 is 1.69 bits per heavy atom. The Labute approximate surface area is 84.7 Å². The van der Waals surface area contributed by atoms with Crippen molar-refractivity contribution < 1.29 is 0 Å². The van der Waals surface area contributed by atoms with E-state index < -0.39 is 0 Å². The van der Waals surface area contributed by atoms with Crippen LogP contribution in [0.25, 0.3) is 10.8 Å². The number of anilines is 2. The molecule has 13 heavy (non-hydrogen) atoms. The van der Waals surface area contributed by atoms with Gasteiger partial charge in [0.05, 0.1) is 11.4 Å². The van der Waals surface area contributed by atoms with Crippen LogP contribution in [0.5, 0.6) is 0 Å². The molecule has 0 saturated heterocycles. The maximum atomic E-state index is 5.86. The van der Waals surface area contributed by atoms with Crippen molar-refractivity contribution in [1.29, 1.82) is 0 Å². The molecular formula is C10H9BrN2. The zero-order valence-electron chi connectivity index (χ0n) is 6.92. The van der Waals surface area contributed by atoms with Gasteiger partial charge in [0.2, 0.25) is 0 Å². The summed E-state index contributed by atoms with van der Waals surface area (Å²) in [6.07, 6.45) is 0. The quantitative estimate of drug-likeness (QED) is 0.692. The summed E-state index contributed by atoms with van der Waals surface area (Å²) in [4.78, 5) is 0. The van der Waals surface area contributed by atoms with E-state index in [4.69, 9.17) is 11.5 Å². The third-order valence-electron chi connectivity index (χ3n) is 2.08. The summed E-state index contributed by atoms with van der Waals surface area (Å²) in [7, 11) is 0. The van der Waals surface area contributed by atoms with E-state index in [1.165, 1.54) is 0 Å². The lowest BCUT2D eigenvalue weighted by atomic mass is 10.1. The van der Waals surface area contributed by atoms with Crippen LogP contribution in [-0.2, 0) is 0 Å². The summed E-state index contributed by atoms with van der Waals surface area (Å²) in [5.41, 5.74) is 12.9. The van der Waals surface area contributed by atoms with Crippen LogP contribution in [0.1, 0.15) is 0 Å². The van der Waals surface area contributed by atoms with Gasteiger partial charge in [-0.25, -0.2) is 0 Å². The molecule has 0 saturated carbocycles. The van der Waals surface area contributed by atoms with E-state index in [0.29, 0.717) is 11.4 Å². The second kappa shape index (κ2) is 2.92. The molecule has 2 nitrogen and oxygen atoms in total. The lowest BCUT2D eigenvalue weighted by Gasteiger charge is -2.07. The van der Waals surface area contributed by atoms with Crippen LogP contribution in [0.4, 0.5) is 11.4 Å². The van der Waals surface area contributed by atoms with E-state index >= 15 is 0 Å². The van der Waals surface area contributed by atoms with Crippen molar-refractivity contribution in [3.05, 3.63) is 34.8 Å². The average Bonchev–Trinajstić information content (AvgIpc) is 2.15. The van der Waals surface area contributed by atoms with Gasteiger partial charge >= 0.3 is 0 Å². The van der Waals surface area contributed by atoms with Crippen LogP contribution in [0, 0.1) is 0 Å². The number of rotatable bonds is 0. The summed E-state index contributed by atoms with van der Waals surface area (Å²) >= 11 is 3.36. The minimum atomic E-state index is 0.610. The van der Waals surface area contributed by atoms with Crippen LogP contribution >= 0.6 is 15.9 Å². The maximum Gasteiger partial charge on any atom is 0.0698 e.